The molecule has 1 unspecified atom stereocenters. The van der Waals surface area contributed by atoms with Crippen molar-refractivity contribution in [2.75, 3.05) is 25.1 Å². The summed E-state index contributed by atoms with van der Waals surface area (Å²) in [6.45, 7) is 6.10. The number of hydrogen-bond acceptors (Lipinski definition) is 4. The third-order valence-electron chi connectivity index (χ3n) is 4.99. The Kier molecular flexibility index (Phi) is 7.85. The fourth-order valence-electron chi connectivity index (χ4n) is 3.23. The maximum absolute atomic E-state index is 12.8. The topological polar surface area (TPSA) is 76.7 Å². The van der Waals surface area contributed by atoms with E-state index in [1.54, 1.807) is 42.5 Å². The number of rotatable bonds is 9. The molecule has 2 N–H and O–H groups in total. The molecule has 0 aromatic heterocycles. The van der Waals surface area contributed by atoms with Crippen molar-refractivity contribution in [3.63, 3.8) is 0 Å². The van der Waals surface area contributed by atoms with E-state index in [1.807, 2.05) is 6.07 Å². The van der Waals surface area contributed by atoms with Gasteiger partial charge in [-0.2, -0.15) is 0 Å². The molecule has 160 valence electrons. The quantitative estimate of drug-likeness (QED) is 0.647. The summed E-state index contributed by atoms with van der Waals surface area (Å²) in [6, 6.07) is 14.1. The SMILES string of the molecule is CC(C)CCOc1cccc(C(=O)Nc2ccccc2C(=O)NCC2CCCO2)c1. The van der Waals surface area contributed by atoms with Crippen LogP contribution in [-0.2, 0) is 4.74 Å². The average molecular weight is 411 g/mol. The van der Waals surface area contributed by atoms with Gasteiger partial charge in [0.25, 0.3) is 11.8 Å². The smallest absolute Gasteiger partial charge is 0.255 e. The first-order chi connectivity index (χ1) is 14.5. The second-order valence-corrected chi connectivity index (χ2v) is 7.90. The molecule has 3 rings (SSSR count). The number of hydrogen-bond donors (Lipinski definition) is 2. The minimum Gasteiger partial charge on any atom is -0.494 e. The average Bonchev–Trinajstić information content (AvgIpc) is 3.26. The number of carbonyl (C=O) groups is 2. The number of benzene rings is 2. The minimum atomic E-state index is -0.288. The highest BCUT2D eigenvalue weighted by molar-refractivity contribution is 6.09. The van der Waals surface area contributed by atoms with Gasteiger partial charge in [-0.3, -0.25) is 9.59 Å². The molecule has 1 fully saturated rings. The highest BCUT2D eigenvalue weighted by Gasteiger charge is 2.19. The van der Waals surface area contributed by atoms with Gasteiger partial charge in [-0.15, -0.1) is 0 Å². The number of para-hydroxylation sites is 1. The normalized spacial score (nSPS) is 15.8. The molecule has 0 spiro atoms. The summed E-state index contributed by atoms with van der Waals surface area (Å²) >= 11 is 0. The van der Waals surface area contributed by atoms with Crippen LogP contribution in [0.25, 0.3) is 0 Å². The highest BCUT2D eigenvalue weighted by atomic mass is 16.5. The molecule has 2 amide bonds. The third-order valence-corrected chi connectivity index (χ3v) is 4.99. The van der Waals surface area contributed by atoms with Gasteiger partial charge in [-0.05, 0) is 55.5 Å². The number of carbonyl (C=O) groups excluding carboxylic acids is 2. The monoisotopic (exact) mass is 410 g/mol. The Hall–Kier alpha value is -2.86. The molecule has 2 aromatic carbocycles. The fourth-order valence-corrected chi connectivity index (χ4v) is 3.23. The Morgan fingerprint density at radius 2 is 1.97 bits per heavy atom. The van der Waals surface area contributed by atoms with Gasteiger partial charge in [0.15, 0.2) is 0 Å². The third kappa shape index (κ3) is 6.32. The summed E-state index contributed by atoms with van der Waals surface area (Å²) < 4.78 is 11.3. The summed E-state index contributed by atoms with van der Waals surface area (Å²) in [7, 11) is 0. The second kappa shape index (κ2) is 10.8. The van der Waals surface area contributed by atoms with Crippen molar-refractivity contribution in [1.82, 2.24) is 5.32 Å². The summed E-state index contributed by atoms with van der Waals surface area (Å²) in [5.74, 6) is 0.695. The highest BCUT2D eigenvalue weighted by Crippen LogP contribution is 2.19. The van der Waals surface area contributed by atoms with Crippen molar-refractivity contribution in [2.45, 2.75) is 39.2 Å². The van der Waals surface area contributed by atoms with Crippen molar-refractivity contribution >= 4 is 17.5 Å². The van der Waals surface area contributed by atoms with E-state index < -0.39 is 0 Å². The van der Waals surface area contributed by atoms with Crippen LogP contribution >= 0.6 is 0 Å². The van der Waals surface area contributed by atoms with Crippen molar-refractivity contribution in [1.29, 1.82) is 0 Å². The molecule has 6 heteroatoms. The van der Waals surface area contributed by atoms with Crippen molar-refractivity contribution < 1.29 is 19.1 Å². The van der Waals surface area contributed by atoms with Crippen LogP contribution in [-0.4, -0.2) is 37.7 Å². The molecular formula is C24H30N2O4. The first-order valence-corrected chi connectivity index (χ1v) is 10.6. The van der Waals surface area contributed by atoms with Crippen molar-refractivity contribution in [3.8, 4) is 5.75 Å². The summed E-state index contributed by atoms with van der Waals surface area (Å²) in [6.07, 6.45) is 2.99. The molecule has 1 heterocycles. The van der Waals surface area contributed by atoms with E-state index in [9.17, 15) is 9.59 Å². The van der Waals surface area contributed by atoms with Crippen LogP contribution in [0, 0.1) is 5.92 Å². The first-order valence-electron chi connectivity index (χ1n) is 10.6. The molecule has 1 aliphatic heterocycles. The largest absolute Gasteiger partial charge is 0.494 e. The zero-order valence-corrected chi connectivity index (χ0v) is 17.6. The molecular weight excluding hydrogens is 380 g/mol. The number of nitrogens with one attached hydrogen (secondary N) is 2. The van der Waals surface area contributed by atoms with Crippen LogP contribution in [0.15, 0.2) is 48.5 Å². The standard InChI is InChI=1S/C24H30N2O4/c1-17(2)12-14-30-19-8-5-7-18(15-19)23(27)26-22-11-4-3-10-21(22)24(28)25-16-20-9-6-13-29-20/h3-5,7-8,10-11,15,17,20H,6,9,12-14,16H2,1-2H3,(H,25,28)(H,26,27). The Morgan fingerprint density at radius 3 is 2.73 bits per heavy atom. The van der Waals surface area contributed by atoms with Crippen LogP contribution in [0.1, 0.15) is 53.8 Å². The lowest BCUT2D eigenvalue weighted by Crippen LogP contribution is -2.32. The van der Waals surface area contributed by atoms with Crippen molar-refractivity contribution in [3.05, 3.63) is 59.7 Å². The van der Waals surface area contributed by atoms with E-state index in [0.29, 0.717) is 41.6 Å². The van der Waals surface area contributed by atoms with Gasteiger partial charge in [-0.1, -0.05) is 32.0 Å². The van der Waals surface area contributed by atoms with Gasteiger partial charge in [0.05, 0.1) is 24.0 Å². The Labute approximate surface area is 178 Å². The summed E-state index contributed by atoms with van der Waals surface area (Å²) in [5, 5.41) is 5.75. The molecule has 0 aliphatic carbocycles. The predicted molar refractivity (Wildman–Crippen MR) is 117 cm³/mol. The van der Waals surface area contributed by atoms with E-state index >= 15 is 0 Å². The molecule has 2 aromatic rings. The van der Waals surface area contributed by atoms with E-state index in [1.165, 1.54) is 0 Å². The van der Waals surface area contributed by atoms with E-state index in [2.05, 4.69) is 24.5 Å². The van der Waals surface area contributed by atoms with Crippen LogP contribution in [0.2, 0.25) is 0 Å². The summed E-state index contributed by atoms with van der Waals surface area (Å²) in [5.41, 5.74) is 1.37. The van der Waals surface area contributed by atoms with Gasteiger partial charge in [0.2, 0.25) is 0 Å². The molecule has 0 bridgehead atoms. The van der Waals surface area contributed by atoms with Crippen LogP contribution < -0.4 is 15.4 Å². The molecule has 0 radical (unpaired) electrons. The number of anilines is 1. The maximum atomic E-state index is 12.8. The molecule has 1 aliphatic rings. The van der Waals surface area contributed by atoms with E-state index in [4.69, 9.17) is 9.47 Å². The van der Waals surface area contributed by atoms with Gasteiger partial charge in [0.1, 0.15) is 5.75 Å². The van der Waals surface area contributed by atoms with Gasteiger partial charge in [-0.25, -0.2) is 0 Å². The first kappa shape index (κ1) is 21.8. The lowest BCUT2D eigenvalue weighted by atomic mass is 10.1. The van der Waals surface area contributed by atoms with Crippen LogP contribution in [0.3, 0.4) is 0 Å². The van der Waals surface area contributed by atoms with Crippen LogP contribution in [0.4, 0.5) is 5.69 Å². The molecule has 0 saturated carbocycles. The van der Waals surface area contributed by atoms with Crippen molar-refractivity contribution in [2.24, 2.45) is 5.92 Å². The number of ether oxygens (including phenoxy) is 2. The van der Waals surface area contributed by atoms with E-state index in [-0.39, 0.29) is 17.9 Å². The van der Waals surface area contributed by atoms with Gasteiger partial charge >= 0.3 is 0 Å². The van der Waals surface area contributed by atoms with E-state index in [0.717, 1.165) is 25.9 Å². The zero-order chi connectivity index (χ0) is 21.3. The minimum absolute atomic E-state index is 0.0640. The van der Waals surface area contributed by atoms with Gasteiger partial charge < -0.3 is 20.1 Å². The lowest BCUT2D eigenvalue weighted by molar-refractivity contribution is 0.0858. The molecule has 1 saturated heterocycles. The predicted octanol–water partition coefficient (Wildman–Crippen LogP) is 4.27. The molecule has 30 heavy (non-hydrogen) atoms. The lowest BCUT2D eigenvalue weighted by Gasteiger charge is -2.14. The number of amides is 2. The maximum Gasteiger partial charge on any atom is 0.255 e. The Morgan fingerprint density at radius 1 is 1.13 bits per heavy atom. The van der Waals surface area contributed by atoms with Crippen LogP contribution in [0.5, 0.6) is 5.75 Å². The second-order valence-electron chi connectivity index (χ2n) is 7.90. The zero-order valence-electron chi connectivity index (χ0n) is 17.6. The molecule has 6 nitrogen and oxygen atoms in total. The van der Waals surface area contributed by atoms with Gasteiger partial charge in [0, 0.05) is 18.7 Å². The summed E-state index contributed by atoms with van der Waals surface area (Å²) in [4.78, 5) is 25.4. The Bertz CT molecular complexity index is 860. The fraction of sp³-hybridized carbons (Fsp3) is 0.417. The molecule has 1 atom stereocenters. The Balaban J connectivity index is 1.63.